The first-order chi connectivity index (χ1) is 10.6. The van der Waals surface area contributed by atoms with Crippen LogP contribution in [-0.4, -0.2) is 30.8 Å². The molecule has 4 nitrogen and oxygen atoms in total. The molecule has 118 valence electrons. The summed E-state index contributed by atoms with van der Waals surface area (Å²) in [6.07, 6.45) is -0.401. The predicted molar refractivity (Wildman–Crippen MR) is 78.8 cm³/mol. The van der Waals surface area contributed by atoms with Gasteiger partial charge in [-0.3, -0.25) is 4.79 Å². The van der Waals surface area contributed by atoms with Gasteiger partial charge in [0.05, 0.1) is 13.2 Å². The van der Waals surface area contributed by atoms with E-state index in [1.807, 2.05) is 17.5 Å². The molecule has 1 aromatic heterocycles. The fourth-order valence-electron chi connectivity index (χ4n) is 1.84. The standard InChI is InChI=1S/C15H15F2NO3S/c16-11-4-3-10(8-12(11)17)15(20)18-9-13(21-6-5-19)14-2-1-7-22-14/h1-4,7-8,13,19H,5-6,9H2,(H,18,20)/t13-/m0/s1. The first kappa shape index (κ1) is 16.5. The molecule has 1 amide bonds. The molecule has 0 saturated heterocycles. The van der Waals surface area contributed by atoms with E-state index in [0.717, 1.165) is 17.0 Å². The zero-order valence-corrected chi connectivity index (χ0v) is 12.4. The number of carbonyl (C=O) groups excluding carboxylic acids is 1. The zero-order chi connectivity index (χ0) is 15.9. The summed E-state index contributed by atoms with van der Waals surface area (Å²) >= 11 is 1.47. The molecule has 0 saturated carbocycles. The molecule has 1 heterocycles. The lowest BCUT2D eigenvalue weighted by atomic mass is 10.2. The van der Waals surface area contributed by atoms with Gasteiger partial charge in [-0.2, -0.15) is 0 Å². The molecule has 0 fully saturated rings. The van der Waals surface area contributed by atoms with Gasteiger partial charge in [0.15, 0.2) is 11.6 Å². The van der Waals surface area contributed by atoms with E-state index in [-0.39, 0.29) is 25.3 Å². The van der Waals surface area contributed by atoms with Gasteiger partial charge in [-0.25, -0.2) is 8.78 Å². The molecule has 0 aliphatic heterocycles. The maximum atomic E-state index is 13.1. The highest BCUT2D eigenvalue weighted by molar-refractivity contribution is 7.10. The molecule has 7 heteroatoms. The van der Waals surface area contributed by atoms with Crippen molar-refractivity contribution < 1.29 is 23.4 Å². The van der Waals surface area contributed by atoms with Crippen LogP contribution in [0.25, 0.3) is 0 Å². The van der Waals surface area contributed by atoms with Crippen LogP contribution < -0.4 is 5.32 Å². The average molecular weight is 327 g/mol. The smallest absolute Gasteiger partial charge is 0.251 e. The molecular formula is C15H15F2NO3S. The number of aliphatic hydroxyl groups excluding tert-OH is 1. The summed E-state index contributed by atoms with van der Waals surface area (Å²) in [6.45, 7) is 0.181. The van der Waals surface area contributed by atoms with Crippen molar-refractivity contribution in [3.8, 4) is 0 Å². The van der Waals surface area contributed by atoms with Gasteiger partial charge in [0, 0.05) is 17.0 Å². The fourth-order valence-corrected chi connectivity index (χ4v) is 2.61. The fraction of sp³-hybridized carbons (Fsp3) is 0.267. The van der Waals surface area contributed by atoms with Gasteiger partial charge in [-0.05, 0) is 29.6 Å². The van der Waals surface area contributed by atoms with Crippen molar-refractivity contribution in [2.24, 2.45) is 0 Å². The minimum Gasteiger partial charge on any atom is -0.394 e. The van der Waals surface area contributed by atoms with E-state index in [1.54, 1.807) is 0 Å². The lowest BCUT2D eigenvalue weighted by Gasteiger charge is -2.17. The summed E-state index contributed by atoms with van der Waals surface area (Å²) in [5.74, 6) is -2.59. The largest absolute Gasteiger partial charge is 0.394 e. The van der Waals surface area contributed by atoms with Gasteiger partial charge in [0.25, 0.3) is 5.91 Å². The molecule has 0 aliphatic rings. The number of nitrogens with one attached hydrogen (secondary N) is 1. The Morgan fingerprint density at radius 2 is 2.14 bits per heavy atom. The van der Waals surface area contributed by atoms with Crippen LogP contribution in [0.3, 0.4) is 0 Å². The van der Waals surface area contributed by atoms with Crippen LogP contribution in [0.1, 0.15) is 21.3 Å². The van der Waals surface area contributed by atoms with Crippen molar-refractivity contribution in [2.45, 2.75) is 6.10 Å². The summed E-state index contributed by atoms with van der Waals surface area (Å²) in [5, 5.41) is 13.3. The lowest BCUT2D eigenvalue weighted by Crippen LogP contribution is -2.29. The molecule has 0 unspecified atom stereocenters. The lowest BCUT2D eigenvalue weighted by molar-refractivity contribution is 0.0296. The normalized spacial score (nSPS) is 12.1. The average Bonchev–Trinajstić information content (AvgIpc) is 3.04. The molecule has 2 N–H and O–H groups in total. The number of aliphatic hydroxyl groups is 1. The molecule has 1 aromatic carbocycles. The second-order valence-electron chi connectivity index (χ2n) is 4.44. The zero-order valence-electron chi connectivity index (χ0n) is 11.6. The monoisotopic (exact) mass is 327 g/mol. The molecular weight excluding hydrogens is 312 g/mol. The molecule has 0 spiro atoms. The topological polar surface area (TPSA) is 58.6 Å². The number of benzene rings is 1. The SMILES string of the molecule is O=C(NC[C@H](OCCO)c1cccs1)c1ccc(F)c(F)c1. The number of amides is 1. The van der Waals surface area contributed by atoms with Gasteiger partial charge in [0.2, 0.25) is 0 Å². The van der Waals surface area contributed by atoms with Crippen molar-refractivity contribution >= 4 is 17.2 Å². The van der Waals surface area contributed by atoms with Crippen molar-refractivity contribution in [2.75, 3.05) is 19.8 Å². The maximum absolute atomic E-state index is 13.1. The number of hydrogen-bond acceptors (Lipinski definition) is 4. The number of carbonyl (C=O) groups is 1. The van der Waals surface area contributed by atoms with E-state index in [0.29, 0.717) is 0 Å². The second-order valence-corrected chi connectivity index (χ2v) is 5.42. The Labute approximate surface area is 130 Å². The van der Waals surface area contributed by atoms with Crippen molar-refractivity contribution in [1.29, 1.82) is 0 Å². The molecule has 0 radical (unpaired) electrons. The van der Waals surface area contributed by atoms with Crippen molar-refractivity contribution in [1.82, 2.24) is 5.32 Å². The Bertz CT molecular complexity index is 619. The first-order valence-electron chi connectivity index (χ1n) is 6.61. The summed E-state index contributed by atoms with van der Waals surface area (Å²) < 4.78 is 31.5. The number of thiophene rings is 1. The number of halogens is 2. The van der Waals surface area contributed by atoms with Crippen LogP contribution in [0.4, 0.5) is 8.78 Å². The molecule has 1 atom stereocenters. The van der Waals surface area contributed by atoms with Gasteiger partial charge in [-0.1, -0.05) is 6.07 Å². The molecule has 0 bridgehead atoms. The van der Waals surface area contributed by atoms with Crippen LogP contribution in [0.15, 0.2) is 35.7 Å². The highest BCUT2D eigenvalue weighted by Crippen LogP contribution is 2.22. The van der Waals surface area contributed by atoms with Crippen LogP contribution in [0.2, 0.25) is 0 Å². The van der Waals surface area contributed by atoms with Crippen LogP contribution in [-0.2, 0) is 4.74 Å². The highest BCUT2D eigenvalue weighted by Gasteiger charge is 2.16. The Balaban J connectivity index is 1.99. The Kier molecular flexibility index (Phi) is 6.00. The van der Waals surface area contributed by atoms with Gasteiger partial charge in [0.1, 0.15) is 6.10 Å². The Morgan fingerprint density at radius 1 is 1.32 bits per heavy atom. The van der Waals surface area contributed by atoms with Gasteiger partial charge < -0.3 is 15.2 Å². The second kappa shape index (κ2) is 7.98. The number of hydrogen-bond donors (Lipinski definition) is 2. The van der Waals surface area contributed by atoms with Gasteiger partial charge in [-0.15, -0.1) is 11.3 Å². The number of ether oxygens (including phenoxy) is 1. The van der Waals surface area contributed by atoms with E-state index in [4.69, 9.17) is 9.84 Å². The number of rotatable bonds is 7. The third-order valence-corrected chi connectivity index (χ3v) is 3.87. The minimum absolute atomic E-state index is 0.0333. The summed E-state index contributed by atoms with van der Waals surface area (Å²) in [5.41, 5.74) is 0.0333. The first-order valence-corrected chi connectivity index (χ1v) is 7.49. The maximum Gasteiger partial charge on any atom is 0.251 e. The molecule has 22 heavy (non-hydrogen) atoms. The summed E-state index contributed by atoms with van der Waals surface area (Å²) in [7, 11) is 0. The van der Waals surface area contributed by atoms with E-state index in [1.165, 1.54) is 17.4 Å². The third-order valence-electron chi connectivity index (χ3n) is 2.90. The van der Waals surface area contributed by atoms with E-state index >= 15 is 0 Å². The minimum atomic E-state index is -1.07. The van der Waals surface area contributed by atoms with E-state index < -0.39 is 23.6 Å². The summed E-state index contributed by atoms with van der Waals surface area (Å²) in [4.78, 5) is 12.9. The summed E-state index contributed by atoms with van der Waals surface area (Å²) in [6, 6.07) is 6.67. The van der Waals surface area contributed by atoms with Crippen molar-refractivity contribution in [3.63, 3.8) is 0 Å². The molecule has 0 aliphatic carbocycles. The Hall–Kier alpha value is -1.83. The van der Waals surface area contributed by atoms with E-state index in [2.05, 4.69) is 5.32 Å². The van der Waals surface area contributed by atoms with Crippen molar-refractivity contribution in [3.05, 3.63) is 57.8 Å². The molecule has 2 rings (SSSR count). The van der Waals surface area contributed by atoms with Crippen LogP contribution in [0.5, 0.6) is 0 Å². The highest BCUT2D eigenvalue weighted by atomic mass is 32.1. The predicted octanol–water partition coefficient (Wildman–Crippen LogP) is 2.51. The van der Waals surface area contributed by atoms with Gasteiger partial charge >= 0.3 is 0 Å². The quantitative estimate of drug-likeness (QED) is 0.821. The van der Waals surface area contributed by atoms with Crippen LogP contribution >= 0.6 is 11.3 Å². The van der Waals surface area contributed by atoms with E-state index in [9.17, 15) is 13.6 Å². The van der Waals surface area contributed by atoms with Crippen LogP contribution in [0, 0.1) is 11.6 Å². The Morgan fingerprint density at radius 3 is 2.77 bits per heavy atom. The third kappa shape index (κ3) is 4.33. The molecule has 2 aromatic rings.